The molecule has 7 heteroatoms. The van der Waals surface area contributed by atoms with Crippen molar-refractivity contribution in [2.24, 2.45) is 0 Å². The molecule has 1 fully saturated rings. The molecule has 0 aliphatic carbocycles. The SMILES string of the molecule is C[C@H](NC(=O)c1ccc2c(c1)OCO2)[C@@H](c1cccs1)N1CCN(Cc2ccccc2)CC1. The second kappa shape index (κ2) is 9.95. The van der Waals surface area contributed by atoms with E-state index >= 15 is 0 Å². The molecule has 33 heavy (non-hydrogen) atoms. The van der Waals surface area contributed by atoms with Crippen molar-refractivity contribution in [2.45, 2.75) is 25.6 Å². The minimum atomic E-state index is -0.0925. The van der Waals surface area contributed by atoms with Gasteiger partial charge in [0.25, 0.3) is 5.91 Å². The number of carbonyl (C=O) groups is 1. The number of piperazine rings is 1. The number of amides is 1. The van der Waals surface area contributed by atoms with E-state index in [0.29, 0.717) is 17.1 Å². The average molecular weight is 464 g/mol. The van der Waals surface area contributed by atoms with E-state index < -0.39 is 0 Å². The van der Waals surface area contributed by atoms with Gasteiger partial charge in [-0.25, -0.2) is 0 Å². The summed E-state index contributed by atoms with van der Waals surface area (Å²) in [6, 6.07) is 20.3. The maximum atomic E-state index is 13.0. The van der Waals surface area contributed by atoms with Crippen LogP contribution < -0.4 is 14.8 Å². The van der Waals surface area contributed by atoms with Gasteiger partial charge in [-0.1, -0.05) is 36.4 Å². The van der Waals surface area contributed by atoms with Crippen LogP contribution in [0, 0.1) is 0 Å². The molecule has 2 atom stereocenters. The molecule has 3 heterocycles. The second-order valence-corrected chi connectivity index (χ2v) is 9.57. The van der Waals surface area contributed by atoms with Gasteiger partial charge >= 0.3 is 0 Å². The van der Waals surface area contributed by atoms with Crippen LogP contribution in [-0.4, -0.2) is 54.7 Å². The minimum Gasteiger partial charge on any atom is -0.454 e. The molecule has 0 radical (unpaired) electrons. The Morgan fingerprint density at radius 1 is 1.00 bits per heavy atom. The summed E-state index contributed by atoms with van der Waals surface area (Å²) in [6.45, 7) is 7.26. The number of hydrogen-bond donors (Lipinski definition) is 1. The Morgan fingerprint density at radius 3 is 2.55 bits per heavy atom. The van der Waals surface area contributed by atoms with E-state index in [-0.39, 0.29) is 24.8 Å². The summed E-state index contributed by atoms with van der Waals surface area (Å²) in [4.78, 5) is 19.3. The van der Waals surface area contributed by atoms with Gasteiger partial charge in [0.15, 0.2) is 11.5 Å². The predicted octanol–water partition coefficient (Wildman–Crippen LogP) is 4.15. The monoisotopic (exact) mass is 463 g/mol. The normalized spacial score (nSPS) is 18.1. The van der Waals surface area contributed by atoms with Gasteiger partial charge in [0.2, 0.25) is 6.79 Å². The standard InChI is InChI=1S/C26H29N3O3S/c1-19(27-26(30)21-9-10-22-23(16-21)32-18-31-22)25(24-8-5-15-33-24)29-13-11-28(12-14-29)17-20-6-3-2-4-7-20/h2-10,15-16,19,25H,11-14,17-18H2,1H3,(H,27,30)/t19-,25-/m0/s1. The third-order valence-electron chi connectivity index (χ3n) is 6.35. The van der Waals surface area contributed by atoms with Crippen molar-refractivity contribution in [3.8, 4) is 11.5 Å². The van der Waals surface area contributed by atoms with Crippen LogP contribution in [0.15, 0.2) is 66.0 Å². The summed E-state index contributed by atoms with van der Waals surface area (Å²) >= 11 is 1.75. The van der Waals surface area contributed by atoms with Crippen LogP contribution in [0.3, 0.4) is 0 Å². The maximum absolute atomic E-state index is 13.0. The Bertz CT molecular complexity index is 1070. The number of nitrogens with zero attached hydrogens (tertiary/aromatic N) is 2. The minimum absolute atomic E-state index is 0.0396. The topological polar surface area (TPSA) is 54.0 Å². The zero-order chi connectivity index (χ0) is 22.6. The Labute approximate surface area is 198 Å². The number of ether oxygens (including phenoxy) is 2. The first-order chi connectivity index (χ1) is 16.2. The molecule has 1 aromatic heterocycles. The van der Waals surface area contributed by atoms with Gasteiger partial charge in [-0.05, 0) is 42.1 Å². The van der Waals surface area contributed by atoms with E-state index in [9.17, 15) is 4.79 Å². The quantitative estimate of drug-likeness (QED) is 0.570. The van der Waals surface area contributed by atoms with E-state index in [1.807, 2.05) is 0 Å². The van der Waals surface area contributed by atoms with Crippen LogP contribution in [0.4, 0.5) is 0 Å². The van der Waals surface area contributed by atoms with Gasteiger partial charge in [0, 0.05) is 49.2 Å². The molecule has 2 aliphatic heterocycles. The fraction of sp³-hybridized carbons (Fsp3) is 0.346. The van der Waals surface area contributed by atoms with Gasteiger partial charge in [0.05, 0.1) is 6.04 Å². The van der Waals surface area contributed by atoms with Crippen molar-refractivity contribution in [1.29, 1.82) is 0 Å². The summed E-state index contributed by atoms with van der Waals surface area (Å²) in [5, 5.41) is 5.35. The highest BCUT2D eigenvalue weighted by Gasteiger charge is 2.31. The van der Waals surface area contributed by atoms with Crippen LogP contribution in [0.5, 0.6) is 11.5 Å². The molecule has 1 saturated heterocycles. The van der Waals surface area contributed by atoms with Crippen molar-refractivity contribution in [2.75, 3.05) is 33.0 Å². The first-order valence-corrected chi connectivity index (χ1v) is 12.3. The lowest BCUT2D eigenvalue weighted by Crippen LogP contribution is -2.52. The second-order valence-electron chi connectivity index (χ2n) is 8.59. The number of nitrogens with one attached hydrogen (secondary N) is 1. The average Bonchev–Trinajstić information content (AvgIpc) is 3.53. The lowest BCUT2D eigenvalue weighted by molar-refractivity contribution is 0.0714. The highest BCUT2D eigenvalue weighted by atomic mass is 32.1. The van der Waals surface area contributed by atoms with E-state index in [1.54, 1.807) is 29.5 Å². The number of carbonyl (C=O) groups excluding carboxylic acids is 1. The van der Waals surface area contributed by atoms with Crippen LogP contribution >= 0.6 is 11.3 Å². The first kappa shape index (κ1) is 21.9. The zero-order valence-electron chi connectivity index (χ0n) is 18.8. The summed E-state index contributed by atoms with van der Waals surface area (Å²) in [7, 11) is 0. The van der Waals surface area contributed by atoms with E-state index in [0.717, 1.165) is 32.7 Å². The molecular weight excluding hydrogens is 434 g/mol. The van der Waals surface area contributed by atoms with Gasteiger partial charge in [-0.15, -0.1) is 11.3 Å². The lowest BCUT2D eigenvalue weighted by Gasteiger charge is -2.41. The van der Waals surface area contributed by atoms with Crippen molar-refractivity contribution in [3.05, 3.63) is 82.0 Å². The third kappa shape index (κ3) is 5.05. The van der Waals surface area contributed by atoms with Crippen LogP contribution in [0.1, 0.15) is 33.8 Å². The summed E-state index contributed by atoms with van der Waals surface area (Å²) < 4.78 is 10.8. The molecule has 0 unspecified atom stereocenters. The zero-order valence-corrected chi connectivity index (χ0v) is 19.6. The predicted molar refractivity (Wildman–Crippen MR) is 130 cm³/mol. The molecule has 172 valence electrons. The summed E-state index contributed by atoms with van der Waals surface area (Å²) in [5.74, 6) is 1.22. The van der Waals surface area contributed by atoms with Crippen LogP contribution in [0.2, 0.25) is 0 Å². The van der Waals surface area contributed by atoms with E-state index in [4.69, 9.17) is 9.47 Å². The van der Waals surface area contributed by atoms with Crippen molar-refractivity contribution in [3.63, 3.8) is 0 Å². The van der Waals surface area contributed by atoms with Crippen LogP contribution in [-0.2, 0) is 6.54 Å². The molecular formula is C26H29N3O3S. The summed E-state index contributed by atoms with van der Waals surface area (Å²) in [6.07, 6.45) is 0. The molecule has 5 rings (SSSR count). The Hall–Kier alpha value is -2.87. The number of fused-ring (bicyclic) bond motifs is 1. The lowest BCUT2D eigenvalue weighted by atomic mass is 10.0. The number of thiophene rings is 1. The van der Waals surface area contributed by atoms with Crippen molar-refractivity contribution >= 4 is 17.2 Å². The largest absolute Gasteiger partial charge is 0.454 e. The fourth-order valence-electron chi connectivity index (χ4n) is 4.65. The highest BCUT2D eigenvalue weighted by Crippen LogP contribution is 2.33. The molecule has 0 spiro atoms. The fourth-order valence-corrected chi connectivity index (χ4v) is 5.61. The molecule has 2 aromatic carbocycles. The number of benzene rings is 2. The Morgan fingerprint density at radius 2 is 1.79 bits per heavy atom. The van der Waals surface area contributed by atoms with Gasteiger partial charge in [0.1, 0.15) is 0 Å². The van der Waals surface area contributed by atoms with Crippen LogP contribution in [0.25, 0.3) is 0 Å². The highest BCUT2D eigenvalue weighted by molar-refractivity contribution is 7.10. The molecule has 6 nitrogen and oxygen atoms in total. The molecule has 1 N–H and O–H groups in total. The maximum Gasteiger partial charge on any atom is 0.251 e. The van der Waals surface area contributed by atoms with E-state index in [2.05, 4.69) is 69.9 Å². The Kier molecular flexibility index (Phi) is 6.62. The smallest absolute Gasteiger partial charge is 0.251 e. The van der Waals surface area contributed by atoms with Gasteiger partial charge < -0.3 is 14.8 Å². The van der Waals surface area contributed by atoms with E-state index in [1.165, 1.54) is 10.4 Å². The molecule has 0 saturated carbocycles. The van der Waals surface area contributed by atoms with Crippen molar-refractivity contribution < 1.29 is 14.3 Å². The molecule has 0 bridgehead atoms. The third-order valence-corrected chi connectivity index (χ3v) is 7.29. The van der Waals surface area contributed by atoms with Gasteiger partial charge in [-0.2, -0.15) is 0 Å². The molecule has 2 aliphatic rings. The molecule has 1 amide bonds. The molecule has 3 aromatic rings. The number of rotatable bonds is 7. The van der Waals surface area contributed by atoms with Gasteiger partial charge in [-0.3, -0.25) is 14.6 Å². The number of hydrogen-bond acceptors (Lipinski definition) is 6. The Balaban J connectivity index is 1.25. The summed E-state index contributed by atoms with van der Waals surface area (Å²) in [5.41, 5.74) is 1.94. The first-order valence-electron chi connectivity index (χ1n) is 11.4. The van der Waals surface area contributed by atoms with Crippen molar-refractivity contribution in [1.82, 2.24) is 15.1 Å².